The normalized spacial score (nSPS) is 31.6. The maximum Gasteiger partial charge on any atom is 0.0260 e. The Bertz CT molecular complexity index is 448. The van der Waals surface area contributed by atoms with Crippen LogP contribution in [0.15, 0.2) is 0 Å². The molecule has 0 spiro atoms. The number of hydrogen-bond donors (Lipinski definition) is 0. The van der Waals surface area contributed by atoms with Crippen molar-refractivity contribution in [2.24, 2.45) is 5.92 Å². The topological polar surface area (TPSA) is 13.0 Å². The Morgan fingerprint density at radius 3 is 1.85 bits per heavy atom. The summed E-state index contributed by atoms with van der Waals surface area (Å²) in [6.07, 6.45) is 5.55. The first kappa shape index (κ1) is 23.1. The first-order valence-electron chi connectivity index (χ1n) is 11.3. The van der Waals surface area contributed by atoms with Crippen molar-refractivity contribution in [1.82, 2.24) is 19.6 Å². The van der Waals surface area contributed by atoms with E-state index in [2.05, 4.69) is 82.3 Å². The molecule has 4 heteroatoms. The average molecular weight is 381 g/mol. The molecular formula is C23H48N4. The summed E-state index contributed by atoms with van der Waals surface area (Å²) >= 11 is 0. The summed E-state index contributed by atoms with van der Waals surface area (Å²) in [4.78, 5) is 10.2. The molecule has 3 saturated heterocycles. The van der Waals surface area contributed by atoms with Gasteiger partial charge in [-0.2, -0.15) is 0 Å². The van der Waals surface area contributed by atoms with Crippen molar-refractivity contribution in [2.75, 3.05) is 53.9 Å². The minimum absolute atomic E-state index is 0.342. The largest absolute Gasteiger partial charge is 0.305 e. The summed E-state index contributed by atoms with van der Waals surface area (Å²) in [6, 6.07) is 1.59. The van der Waals surface area contributed by atoms with Gasteiger partial charge in [-0.3, -0.25) is 9.80 Å². The van der Waals surface area contributed by atoms with Crippen LogP contribution in [0.2, 0.25) is 0 Å². The molecule has 0 aliphatic carbocycles. The molecule has 3 atom stereocenters. The van der Waals surface area contributed by atoms with Gasteiger partial charge in [0.05, 0.1) is 0 Å². The fourth-order valence-electron chi connectivity index (χ4n) is 4.94. The van der Waals surface area contributed by atoms with Gasteiger partial charge in [-0.15, -0.1) is 0 Å². The van der Waals surface area contributed by atoms with Gasteiger partial charge in [-0.1, -0.05) is 0 Å². The molecule has 3 unspecified atom stereocenters. The summed E-state index contributed by atoms with van der Waals surface area (Å²) in [5.74, 6) is 0.938. The maximum atomic E-state index is 2.66. The molecule has 3 heterocycles. The third kappa shape index (κ3) is 6.42. The number of hydrogen-bond acceptors (Lipinski definition) is 4. The Balaban J connectivity index is 0.000000194. The zero-order valence-electron chi connectivity index (χ0n) is 19.9. The standard InChI is InChI=1S/C12H24N2.C11H24N2/c1-12(2,3)14-8-10-6-5-7-13(4)11(10)9-14;1-11(2,3)13-8-6-7-10(9-13)12(4)5/h10-11H,5-9H2,1-4H3;10H,6-9H2,1-5H3. The fraction of sp³-hybridized carbons (Fsp3) is 1.00. The molecule has 0 aromatic rings. The van der Waals surface area contributed by atoms with Gasteiger partial charge < -0.3 is 9.80 Å². The highest BCUT2D eigenvalue weighted by Gasteiger charge is 2.40. The van der Waals surface area contributed by atoms with Gasteiger partial charge in [0.25, 0.3) is 0 Å². The molecule has 0 bridgehead atoms. The lowest BCUT2D eigenvalue weighted by Crippen LogP contribution is -2.52. The second-order valence-electron chi connectivity index (χ2n) is 11.4. The molecular weight excluding hydrogens is 332 g/mol. The first-order chi connectivity index (χ1) is 12.4. The van der Waals surface area contributed by atoms with Gasteiger partial charge in [-0.05, 0) is 107 Å². The third-order valence-corrected chi connectivity index (χ3v) is 7.08. The SMILES string of the molecule is CN(C)C1CCCN(C(C)(C)C)C1.CN1CCCC2CN(C(C)(C)C)CC21. The van der Waals surface area contributed by atoms with E-state index in [0.717, 1.165) is 18.0 Å². The summed E-state index contributed by atoms with van der Waals surface area (Å²) in [7, 11) is 6.68. The molecule has 27 heavy (non-hydrogen) atoms. The molecule has 0 aromatic heterocycles. The van der Waals surface area contributed by atoms with E-state index in [9.17, 15) is 0 Å². The highest BCUT2D eigenvalue weighted by atomic mass is 15.3. The van der Waals surface area contributed by atoms with Crippen LogP contribution < -0.4 is 0 Å². The molecule has 0 aromatic carbocycles. The third-order valence-electron chi connectivity index (χ3n) is 7.08. The molecule has 3 rings (SSSR count). The predicted octanol–water partition coefficient (Wildman–Crippen LogP) is 3.62. The van der Waals surface area contributed by atoms with Crippen molar-refractivity contribution in [3.05, 3.63) is 0 Å². The summed E-state index contributed by atoms with van der Waals surface area (Å²) in [5, 5.41) is 0. The summed E-state index contributed by atoms with van der Waals surface area (Å²) < 4.78 is 0. The highest BCUT2D eigenvalue weighted by Crippen LogP contribution is 2.33. The Labute approximate surface area is 170 Å². The van der Waals surface area contributed by atoms with Crippen LogP contribution >= 0.6 is 0 Å². The number of piperidine rings is 2. The average Bonchev–Trinajstić information content (AvgIpc) is 3.01. The fourth-order valence-corrected chi connectivity index (χ4v) is 4.94. The van der Waals surface area contributed by atoms with Crippen molar-refractivity contribution in [1.29, 1.82) is 0 Å². The lowest BCUT2D eigenvalue weighted by molar-refractivity contribution is 0.0616. The zero-order chi connectivity index (χ0) is 20.4. The van der Waals surface area contributed by atoms with Crippen molar-refractivity contribution in [2.45, 2.75) is 90.4 Å². The van der Waals surface area contributed by atoms with E-state index < -0.39 is 0 Å². The lowest BCUT2D eigenvalue weighted by atomic mass is 9.93. The monoisotopic (exact) mass is 380 g/mol. The van der Waals surface area contributed by atoms with Crippen molar-refractivity contribution < 1.29 is 0 Å². The molecule has 3 aliphatic heterocycles. The van der Waals surface area contributed by atoms with E-state index in [-0.39, 0.29) is 0 Å². The molecule has 0 radical (unpaired) electrons. The van der Waals surface area contributed by atoms with Gasteiger partial charge in [0, 0.05) is 42.8 Å². The van der Waals surface area contributed by atoms with E-state index in [4.69, 9.17) is 0 Å². The molecule has 3 aliphatic rings. The number of likely N-dealkylation sites (N-methyl/N-ethyl adjacent to an activating group) is 2. The Hall–Kier alpha value is -0.160. The van der Waals surface area contributed by atoms with Crippen LogP contribution in [0, 0.1) is 5.92 Å². The number of fused-ring (bicyclic) bond motifs is 1. The van der Waals surface area contributed by atoms with E-state index in [1.807, 2.05) is 0 Å². The van der Waals surface area contributed by atoms with Crippen molar-refractivity contribution >= 4 is 0 Å². The number of nitrogens with zero attached hydrogens (tertiary/aromatic N) is 4. The van der Waals surface area contributed by atoms with E-state index in [1.54, 1.807) is 0 Å². The van der Waals surface area contributed by atoms with Crippen LogP contribution in [0.25, 0.3) is 0 Å². The second-order valence-corrected chi connectivity index (χ2v) is 11.4. The van der Waals surface area contributed by atoms with Gasteiger partial charge in [0.2, 0.25) is 0 Å². The van der Waals surface area contributed by atoms with Gasteiger partial charge in [0.1, 0.15) is 0 Å². The van der Waals surface area contributed by atoms with Crippen LogP contribution in [0.4, 0.5) is 0 Å². The summed E-state index contributed by atoms with van der Waals surface area (Å²) in [5.41, 5.74) is 0.701. The summed E-state index contributed by atoms with van der Waals surface area (Å²) in [6.45, 7) is 20.4. The van der Waals surface area contributed by atoms with Crippen molar-refractivity contribution in [3.8, 4) is 0 Å². The Morgan fingerprint density at radius 2 is 1.33 bits per heavy atom. The smallest absolute Gasteiger partial charge is 0.0260 e. The van der Waals surface area contributed by atoms with E-state index in [1.165, 1.54) is 58.4 Å². The van der Waals surface area contributed by atoms with Crippen LogP contribution in [0.1, 0.15) is 67.2 Å². The number of rotatable bonds is 1. The van der Waals surface area contributed by atoms with Gasteiger partial charge >= 0.3 is 0 Å². The molecule has 0 amide bonds. The molecule has 3 fully saturated rings. The highest BCUT2D eigenvalue weighted by molar-refractivity contribution is 4.96. The van der Waals surface area contributed by atoms with Gasteiger partial charge in [-0.25, -0.2) is 0 Å². The van der Waals surface area contributed by atoms with Gasteiger partial charge in [0.15, 0.2) is 0 Å². The van der Waals surface area contributed by atoms with Crippen LogP contribution in [0.5, 0.6) is 0 Å². The second kappa shape index (κ2) is 9.11. The van der Waals surface area contributed by atoms with Crippen molar-refractivity contribution in [3.63, 3.8) is 0 Å². The van der Waals surface area contributed by atoms with E-state index >= 15 is 0 Å². The zero-order valence-corrected chi connectivity index (χ0v) is 19.9. The molecule has 0 N–H and O–H groups in total. The quantitative estimate of drug-likeness (QED) is 0.689. The molecule has 0 saturated carbocycles. The molecule has 4 nitrogen and oxygen atoms in total. The minimum atomic E-state index is 0.342. The van der Waals surface area contributed by atoms with Crippen LogP contribution in [-0.4, -0.2) is 96.6 Å². The van der Waals surface area contributed by atoms with Crippen LogP contribution in [0.3, 0.4) is 0 Å². The van der Waals surface area contributed by atoms with E-state index in [0.29, 0.717) is 11.1 Å². The minimum Gasteiger partial charge on any atom is -0.305 e. The predicted molar refractivity (Wildman–Crippen MR) is 119 cm³/mol. The maximum absolute atomic E-state index is 2.66. The lowest BCUT2D eigenvalue weighted by Gasteiger charge is -2.43. The van der Waals surface area contributed by atoms with Crippen LogP contribution in [-0.2, 0) is 0 Å². The first-order valence-corrected chi connectivity index (χ1v) is 11.3. The molecule has 160 valence electrons. The Morgan fingerprint density at radius 1 is 0.741 bits per heavy atom. The Kier molecular flexibility index (Phi) is 7.80. The number of likely N-dealkylation sites (tertiary alicyclic amines) is 3.